The number of aryl methyl sites for hydroxylation is 2. The van der Waals surface area contributed by atoms with Gasteiger partial charge in [0, 0.05) is 44.8 Å². The maximum Gasteiger partial charge on any atom is 0.260 e. The third kappa shape index (κ3) is 6.21. The minimum absolute atomic E-state index is 0.179. The number of sulfonamides is 1. The molecule has 200 valence electrons. The molecule has 37 heavy (non-hydrogen) atoms. The third-order valence-electron chi connectivity index (χ3n) is 6.70. The van der Waals surface area contributed by atoms with Gasteiger partial charge in [-0.2, -0.15) is 4.31 Å². The Hall–Kier alpha value is -2.37. The molecule has 0 unspecified atom stereocenters. The number of rotatable bonds is 10. The zero-order valence-corrected chi connectivity index (χ0v) is 23.7. The summed E-state index contributed by atoms with van der Waals surface area (Å²) in [4.78, 5) is 22.9. The molecule has 1 amide bonds. The van der Waals surface area contributed by atoms with Gasteiger partial charge in [0.15, 0.2) is 5.13 Å². The van der Waals surface area contributed by atoms with Gasteiger partial charge in [-0.25, -0.2) is 13.4 Å². The number of hydrogen-bond acceptors (Lipinski definition) is 7. The number of thiazole rings is 1. The molecule has 0 bridgehead atoms. The van der Waals surface area contributed by atoms with Crippen molar-refractivity contribution in [2.24, 2.45) is 0 Å². The van der Waals surface area contributed by atoms with E-state index in [0.717, 1.165) is 60.6 Å². The molecule has 4 rings (SSSR count). The van der Waals surface area contributed by atoms with Crippen molar-refractivity contribution < 1.29 is 17.9 Å². The number of anilines is 1. The molecule has 1 saturated heterocycles. The molecule has 1 aliphatic rings. The Morgan fingerprint density at radius 2 is 1.76 bits per heavy atom. The SMILES string of the molecule is CCN(CC)S(=O)(=O)c1ccc(C(=O)N(CCCN2CCOCC2)c2nc3c(C)cc(C)cc3s2)cc1. The number of carbonyl (C=O) groups is 1. The number of fused-ring (bicyclic) bond motifs is 1. The van der Waals surface area contributed by atoms with Gasteiger partial charge in [0.2, 0.25) is 10.0 Å². The van der Waals surface area contributed by atoms with Crippen LogP contribution >= 0.6 is 11.3 Å². The molecule has 1 aromatic heterocycles. The van der Waals surface area contributed by atoms with Gasteiger partial charge in [0.25, 0.3) is 5.91 Å². The quantitative estimate of drug-likeness (QED) is 0.378. The summed E-state index contributed by atoms with van der Waals surface area (Å²) >= 11 is 1.52. The maximum atomic E-state index is 13.8. The number of morpholine rings is 1. The van der Waals surface area contributed by atoms with Gasteiger partial charge in [-0.05, 0) is 61.7 Å². The lowest BCUT2D eigenvalue weighted by Gasteiger charge is -2.27. The molecule has 8 nitrogen and oxygen atoms in total. The Bertz CT molecular complexity index is 1330. The van der Waals surface area contributed by atoms with Crippen molar-refractivity contribution in [2.45, 2.75) is 39.0 Å². The highest BCUT2D eigenvalue weighted by Crippen LogP contribution is 2.32. The fraction of sp³-hybridized carbons (Fsp3) is 0.481. The van der Waals surface area contributed by atoms with E-state index in [-0.39, 0.29) is 10.8 Å². The fourth-order valence-electron chi connectivity index (χ4n) is 4.67. The van der Waals surface area contributed by atoms with E-state index in [0.29, 0.717) is 30.3 Å². The Morgan fingerprint density at radius 1 is 1.08 bits per heavy atom. The van der Waals surface area contributed by atoms with Crippen LogP contribution in [0, 0.1) is 13.8 Å². The van der Waals surface area contributed by atoms with E-state index in [9.17, 15) is 13.2 Å². The van der Waals surface area contributed by atoms with Crippen LogP contribution in [-0.2, 0) is 14.8 Å². The lowest BCUT2D eigenvalue weighted by molar-refractivity contribution is 0.0376. The minimum atomic E-state index is -3.59. The van der Waals surface area contributed by atoms with Crippen LogP contribution in [0.1, 0.15) is 41.8 Å². The predicted molar refractivity (Wildman–Crippen MR) is 149 cm³/mol. The van der Waals surface area contributed by atoms with Gasteiger partial charge in [-0.15, -0.1) is 0 Å². The normalized spacial score (nSPS) is 14.9. The van der Waals surface area contributed by atoms with Crippen molar-refractivity contribution in [3.05, 3.63) is 53.1 Å². The summed E-state index contributed by atoms with van der Waals surface area (Å²) < 4.78 is 33.7. The van der Waals surface area contributed by atoms with Crippen LogP contribution < -0.4 is 4.90 Å². The third-order valence-corrected chi connectivity index (χ3v) is 9.79. The van der Waals surface area contributed by atoms with Gasteiger partial charge >= 0.3 is 0 Å². The van der Waals surface area contributed by atoms with Gasteiger partial charge in [0.05, 0.1) is 28.3 Å². The second kappa shape index (κ2) is 12.0. The molecular formula is C27H36N4O4S2. The van der Waals surface area contributed by atoms with Crippen LogP contribution in [-0.4, -0.2) is 81.0 Å². The number of ether oxygens (including phenoxy) is 1. The molecule has 0 atom stereocenters. The molecule has 0 N–H and O–H groups in total. The lowest BCUT2D eigenvalue weighted by Crippen LogP contribution is -2.39. The first-order valence-electron chi connectivity index (χ1n) is 12.8. The Balaban J connectivity index is 1.61. The van der Waals surface area contributed by atoms with E-state index in [1.807, 2.05) is 20.8 Å². The Morgan fingerprint density at radius 3 is 2.41 bits per heavy atom. The van der Waals surface area contributed by atoms with Crippen LogP contribution in [0.4, 0.5) is 5.13 Å². The van der Waals surface area contributed by atoms with Crippen molar-refractivity contribution in [1.82, 2.24) is 14.2 Å². The number of amides is 1. The molecule has 1 aliphatic heterocycles. The van der Waals surface area contributed by atoms with Crippen LogP contribution in [0.3, 0.4) is 0 Å². The molecule has 0 spiro atoms. The van der Waals surface area contributed by atoms with Crippen molar-refractivity contribution >= 4 is 42.6 Å². The highest BCUT2D eigenvalue weighted by molar-refractivity contribution is 7.89. The summed E-state index contributed by atoms with van der Waals surface area (Å²) in [5, 5.41) is 0.663. The van der Waals surface area contributed by atoms with Gasteiger partial charge < -0.3 is 4.74 Å². The Kier molecular flexibility index (Phi) is 8.97. The van der Waals surface area contributed by atoms with Gasteiger partial charge in [-0.3, -0.25) is 14.6 Å². The molecule has 3 aromatic rings. The van der Waals surface area contributed by atoms with E-state index >= 15 is 0 Å². The van der Waals surface area contributed by atoms with Crippen molar-refractivity contribution in [3.8, 4) is 0 Å². The summed E-state index contributed by atoms with van der Waals surface area (Å²) in [5.41, 5.74) is 3.61. The zero-order chi connectivity index (χ0) is 26.6. The van der Waals surface area contributed by atoms with Crippen LogP contribution in [0.15, 0.2) is 41.3 Å². The fourth-order valence-corrected chi connectivity index (χ4v) is 7.30. The second-order valence-corrected chi connectivity index (χ2v) is 12.3. The van der Waals surface area contributed by atoms with E-state index in [2.05, 4.69) is 24.0 Å². The first kappa shape index (κ1) is 27.7. The topological polar surface area (TPSA) is 83.1 Å². The summed E-state index contributed by atoms with van der Waals surface area (Å²) in [7, 11) is -3.59. The van der Waals surface area contributed by atoms with Crippen molar-refractivity contribution in [1.29, 1.82) is 0 Å². The lowest BCUT2D eigenvalue weighted by atomic mass is 10.1. The highest BCUT2D eigenvalue weighted by Gasteiger charge is 2.25. The average Bonchev–Trinajstić information content (AvgIpc) is 3.31. The van der Waals surface area contributed by atoms with E-state index in [1.54, 1.807) is 17.0 Å². The zero-order valence-electron chi connectivity index (χ0n) is 22.1. The molecular weight excluding hydrogens is 508 g/mol. The minimum Gasteiger partial charge on any atom is -0.379 e. The maximum absolute atomic E-state index is 13.8. The molecule has 0 saturated carbocycles. The number of benzene rings is 2. The first-order chi connectivity index (χ1) is 17.7. The first-order valence-corrected chi connectivity index (χ1v) is 15.1. The summed E-state index contributed by atoms with van der Waals surface area (Å²) in [5.74, 6) is -0.179. The Labute approximate surface area is 223 Å². The van der Waals surface area contributed by atoms with Crippen molar-refractivity contribution in [3.63, 3.8) is 0 Å². The average molecular weight is 545 g/mol. The molecule has 10 heteroatoms. The van der Waals surface area contributed by atoms with Crippen LogP contribution in [0.2, 0.25) is 0 Å². The largest absolute Gasteiger partial charge is 0.379 e. The van der Waals surface area contributed by atoms with Gasteiger partial charge in [-0.1, -0.05) is 31.3 Å². The molecule has 0 aliphatic carbocycles. The second-order valence-electron chi connectivity index (χ2n) is 9.30. The molecule has 2 aromatic carbocycles. The van der Waals surface area contributed by atoms with Crippen molar-refractivity contribution in [2.75, 3.05) is 57.4 Å². The summed E-state index contributed by atoms with van der Waals surface area (Å²) in [6.07, 6.45) is 0.800. The number of hydrogen-bond donors (Lipinski definition) is 0. The predicted octanol–water partition coefficient (Wildman–Crippen LogP) is 4.31. The summed E-state index contributed by atoms with van der Waals surface area (Å²) in [6.45, 7) is 13.2. The smallest absolute Gasteiger partial charge is 0.260 e. The number of nitrogens with zero attached hydrogens (tertiary/aromatic N) is 4. The van der Waals surface area contributed by atoms with Gasteiger partial charge in [0.1, 0.15) is 0 Å². The van der Waals surface area contributed by atoms with E-state index in [1.165, 1.54) is 27.8 Å². The molecule has 2 heterocycles. The van der Waals surface area contributed by atoms with E-state index < -0.39 is 10.0 Å². The van der Waals surface area contributed by atoms with Crippen LogP contribution in [0.5, 0.6) is 0 Å². The molecule has 1 fully saturated rings. The highest BCUT2D eigenvalue weighted by atomic mass is 32.2. The van der Waals surface area contributed by atoms with Crippen LogP contribution in [0.25, 0.3) is 10.2 Å². The number of aromatic nitrogens is 1. The summed E-state index contributed by atoms with van der Waals surface area (Å²) in [6, 6.07) is 10.5. The monoisotopic (exact) mass is 544 g/mol. The molecule has 0 radical (unpaired) electrons. The number of carbonyl (C=O) groups excluding carboxylic acids is 1. The standard InChI is InChI=1S/C27H36N4O4S2/c1-5-30(6-2)37(33,34)23-10-8-22(9-11-23)26(32)31(13-7-12-29-14-16-35-17-15-29)27-28-25-21(4)18-20(3)19-24(25)36-27/h8-11,18-19H,5-7,12-17H2,1-4H3. The van der Waals surface area contributed by atoms with E-state index in [4.69, 9.17) is 9.72 Å².